The molecule has 29 heavy (non-hydrogen) atoms. The molecule has 1 saturated heterocycles. The van der Waals surface area contributed by atoms with E-state index in [1.165, 1.54) is 6.07 Å². The quantitative estimate of drug-likeness (QED) is 0.732. The zero-order chi connectivity index (χ0) is 20.3. The molecule has 1 atom stereocenters. The molecule has 2 heterocycles. The Balaban J connectivity index is 1.55. The molecule has 0 amide bonds. The Hall–Kier alpha value is -3.18. The first-order valence-electron chi connectivity index (χ1n) is 9.11. The lowest BCUT2D eigenvalue weighted by molar-refractivity contribution is -0.0516. The van der Waals surface area contributed by atoms with Crippen LogP contribution in [0.1, 0.15) is 29.5 Å². The molecule has 2 aromatic rings. The Kier molecular flexibility index (Phi) is 5.32. The first-order valence-corrected chi connectivity index (χ1v) is 9.11. The molecular formula is C21H18F2N2O4. The van der Waals surface area contributed by atoms with Gasteiger partial charge in [-0.2, -0.15) is 14.0 Å². The van der Waals surface area contributed by atoms with Crippen LogP contribution in [0.5, 0.6) is 11.5 Å². The maximum Gasteiger partial charge on any atom is 0.387 e. The van der Waals surface area contributed by atoms with Crippen LogP contribution in [0.3, 0.4) is 0 Å². The summed E-state index contributed by atoms with van der Waals surface area (Å²) < 4.78 is 41.3. The Bertz CT molecular complexity index is 965. The lowest BCUT2D eigenvalue weighted by Gasteiger charge is -2.17. The van der Waals surface area contributed by atoms with Crippen LogP contribution in [0, 0.1) is 11.3 Å². The number of nitrogens with zero attached hydrogens (tertiary/aromatic N) is 2. The smallest absolute Gasteiger partial charge is 0.387 e. The highest BCUT2D eigenvalue weighted by Gasteiger charge is 2.43. The maximum atomic E-state index is 12.8. The average molecular weight is 400 g/mol. The van der Waals surface area contributed by atoms with Crippen LogP contribution in [-0.4, -0.2) is 31.1 Å². The molecule has 4 rings (SSSR count). The summed E-state index contributed by atoms with van der Waals surface area (Å²) in [7, 11) is 0. The van der Waals surface area contributed by atoms with Gasteiger partial charge in [0, 0.05) is 18.4 Å². The van der Waals surface area contributed by atoms with Crippen LogP contribution in [0.2, 0.25) is 0 Å². The second-order valence-corrected chi connectivity index (χ2v) is 6.93. The highest BCUT2D eigenvalue weighted by Crippen LogP contribution is 2.36. The number of nitriles is 1. The van der Waals surface area contributed by atoms with Crippen LogP contribution in [0.25, 0.3) is 0 Å². The highest BCUT2D eigenvalue weighted by molar-refractivity contribution is 6.02. The third kappa shape index (κ3) is 4.30. The highest BCUT2D eigenvalue weighted by atomic mass is 19.3. The number of rotatable bonds is 6. The molecule has 0 bridgehead atoms. The monoisotopic (exact) mass is 400 g/mol. The van der Waals surface area contributed by atoms with E-state index in [9.17, 15) is 8.78 Å². The molecule has 2 aliphatic rings. The molecule has 2 aromatic carbocycles. The van der Waals surface area contributed by atoms with E-state index in [1.807, 2.05) is 0 Å². The largest absolute Gasteiger partial charge is 0.485 e. The van der Waals surface area contributed by atoms with E-state index in [4.69, 9.17) is 19.6 Å². The number of benzene rings is 2. The summed E-state index contributed by atoms with van der Waals surface area (Å²) in [6.07, 6.45) is 1.33. The Morgan fingerprint density at radius 2 is 2.10 bits per heavy atom. The van der Waals surface area contributed by atoms with Crippen molar-refractivity contribution in [1.82, 2.24) is 0 Å². The summed E-state index contributed by atoms with van der Waals surface area (Å²) in [6.45, 7) is -1.78. The Morgan fingerprint density at radius 1 is 1.21 bits per heavy atom. The maximum absolute atomic E-state index is 12.8. The molecule has 1 unspecified atom stereocenters. The lowest BCUT2D eigenvalue weighted by Crippen LogP contribution is -2.29. The van der Waals surface area contributed by atoms with Gasteiger partial charge < -0.3 is 19.0 Å². The van der Waals surface area contributed by atoms with E-state index in [2.05, 4.69) is 16.0 Å². The van der Waals surface area contributed by atoms with Gasteiger partial charge in [-0.3, -0.25) is 0 Å². The van der Waals surface area contributed by atoms with Crippen molar-refractivity contribution >= 4 is 5.71 Å². The predicted molar refractivity (Wildman–Crippen MR) is 99.0 cm³/mol. The standard InChI is InChI=1S/C21H18F2N2O4/c22-20(23)28-18-5-4-16(17-10-21(29-25-17)6-7-26-13-21)9-19(18)27-12-15-3-1-2-14(8-15)11-24/h1-5,8-9,20H,6-7,10,12-13H2. The number of hydrogen-bond donors (Lipinski definition) is 0. The zero-order valence-electron chi connectivity index (χ0n) is 15.4. The zero-order valence-corrected chi connectivity index (χ0v) is 15.4. The van der Waals surface area contributed by atoms with Crippen LogP contribution >= 0.6 is 0 Å². The first-order chi connectivity index (χ1) is 14.1. The van der Waals surface area contributed by atoms with Gasteiger partial charge in [0.05, 0.1) is 30.6 Å². The van der Waals surface area contributed by atoms with Crippen LogP contribution in [0.15, 0.2) is 47.6 Å². The third-order valence-corrected chi connectivity index (χ3v) is 4.85. The van der Waals surface area contributed by atoms with Gasteiger partial charge in [-0.25, -0.2) is 0 Å². The third-order valence-electron chi connectivity index (χ3n) is 4.85. The van der Waals surface area contributed by atoms with Crippen molar-refractivity contribution in [1.29, 1.82) is 5.26 Å². The van der Waals surface area contributed by atoms with Gasteiger partial charge in [-0.1, -0.05) is 17.3 Å². The van der Waals surface area contributed by atoms with Crippen LogP contribution in [0.4, 0.5) is 8.78 Å². The number of oxime groups is 1. The van der Waals surface area contributed by atoms with Gasteiger partial charge in [0.1, 0.15) is 6.61 Å². The van der Waals surface area contributed by atoms with Gasteiger partial charge in [0.15, 0.2) is 17.1 Å². The molecule has 6 nitrogen and oxygen atoms in total. The van der Waals surface area contributed by atoms with E-state index < -0.39 is 12.2 Å². The van der Waals surface area contributed by atoms with Crippen molar-refractivity contribution in [3.63, 3.8) is 0 Å². The number of hydrogen-bond acceptors (Lipinski definition) is 6. The first kappa shape index (κ1) is 19.2. The topological polar surface area (TPSA) is 73.1 Å². The molecule has 0 radical (unpaired) electrons. The predicted octanol–water partition coefficient (Wildman–Crippen LogP) is 4.02. The molecule has 0 N–H and O–H groups in total. The second kappa shape index (κ2) is 8.05. The van der Waals surface area contributed by atoms with Gasteiger partial charge in [0.25, 0.3) is 0 Å². The molecule has 1 fully saturated rings. The summed E-state index contributed by atoms with van der Waals surface area (Å²) in [6, 6.07) is 13.6. The lowest BCUT2D eigenvalue weighted by atomic mass is 9.93. The van der Waals surface area contributed by atoms with Crippen molar-refractivity contribution in [2.24, 2.45) is 5.16 Å². The molecule has 1 spiro atoms. The second-order valence-electron chi connectivity index (χ2n) is 6.93. The molecule has 0 saturated carbocycles. The summed E-state index contributed by atoms with van der Waals surface area (Å²) in [5, 5.41) is 13.2. The summed E-state index contributed by atoms with van der Waals surface area (Å²) in [5.41, 5.74) is 2.20. The van der Waals surface area contributed by atoms with Gasteiger partial charge in [-0.05, 0) is 35.9 Å². The average Bonchev–Trinajstić information content (AvgIpc) is 3.37. The fourth-order valence-electron chi connectivity index (χ4n) is 3.36. The van der Waals surface area contributed by atoms with Crippen molar-refractivity contribution < 1.29 is 27.8 Å². The van der Waals surface area contributed by atoms with Crippen LogP contribution in [-0.2, 0) is 16.2 Å². The summed E-state index contributed by atoms with van der Waals surface area (Å²) in [4.78, 5) is 5.60. The Labute approximate surface area is 166 Å². The number of halogens is 2. The minimum absolute atomic E-state index is 0.0707. The van der Waals surface area contributed by atoms with Gasteiger partial charge in [-0.15, -0.1) is 0 Å². The summed E-state index contributed by atoms with van der Waals surface area (Å²) in [5.74, 6) is 0.0927. The molecule has 2 aliphatic heterocycles. The van der Waals surface area contributed by atoms with Crippen molar-refractivity contribution in [3.05, 3.63) is 59.2 Å². The van der Waals surface area contributed by atoms with Crippen molar-refractivity contribution in [2.45, 2.75) is 31.7 Å². The van der Waals surface area contributed by atoms with E-state index in [0.29, 0.717) is 36.5 Å². The minimum atomic E-state index is -2.98. The fourth-order valence-corrected chi connectivity index (χ4v) is 3.36. The molecule has 0 aliphatic carbocycles. The summed E-state index contributed by atoms with van der Waals surface area (Å²) >= 11 is 0. The Morgan fingerprint density at radius 3 is 2.86 bits per heavy atom. The molecule has 150 valence electrons. The SMILES string of the molecule is N#Cc1cccc(COc2cc(C3=NOC4(CCOC4)C3)ccc2OC(F)F)c1. The number of ether oxygens (including phenoxy) is 3. The molecule has 8 heteroatoms. The van der Waals surface area contributed by atoms with Crippen molar-refractivity contribution in [3.8, 4) is 17.6 Å². The minimum Gasteiger partial charge on any atom is -0.485 e. The van der Waals surface area contributed by atoms with Crippen LogP contribution < -0.4 is 9.47 Å². The van der Waals surface area contributed by atoms with E-state index >= 15 is 0 Å². The normalized spacial score (nSPS) is 20.4. The fraction of sp³-hybridized carbons (Fsp3) is 0.333. The molecular weight excluding hydrogens is 382 g/mol. The van der Waals surface area contributed by atoms with E-state index in [0.717, 1.165) is 12.0 Å². The van der Waals surface area contributed by atoms with Crippen molar-refractivity contribution in [2.75, 3.05) is 13.2 Å². The van der Waals surface area contributed by atoms with E-state index in [1.54, 1.807) is 36.4 Å². The number of alkyl halides is 2. The van der Waals surface area contributed by atoms with Gasteiger partial charge in [0.2, 0.25) is 0 Å². The molecule has 0 aromatic heterocycles. The van der Waals surface area contributed by atoms with E-state index in [-0.39, 0.29) is 18.1 Å². The van der Waals surface area contributed by atoms with Gasteiger partial charge >= 0.3 is 6.61 Å².